The fourth-order valence-corrected chi connectivity index (χ4v) is 4.02. The van der Waals surface area contributed by atoms with Crippen LogP contribution in [0.25, 0.3) is 0 Å². The monoisotopic (exact) mass is 318 g/mol. The minimum absolute atomic E-state index is 0.0562. The van der Waals surface area contributed by atoms with Gasteiger partial charge in [0, 0.05) is 16.1 Å². The van der Waals surface area contributed by atoms with Crippen molar-refractivity contribution in [1.82, 2.24) is 0 Å². The zero-order valence-electron chi connectivity index (χ0n) is 12.6. The first-order valence-electron chi connectivity index (χ1n) is 6.84. The SMILES string of the molecule is CCC(CC)(COc1ccc(C)c(C)c1)CS(=O)(=O)Cl. The number of rotatable bonds is 7. The van der Waals surface area contributed by atoms with Gasteiger partial charge in [-0.1, -0.05) is 19.9 Å². The lowest BCUT2D eigenvalue weighted by Gasteiger charge is -2.30. The highest BCUT2D eigenvalue weighted by Gasteiger charge is 2.32. The molecule has 3 nitrogen and oxygen atoms in total. The van der Waals surface area contributed by atoms with E-state index in [2.05, 4.69) is 0 Å². The molecule has 0 spiro atoms. The molecule has 0 heterocycles. The van der Waals surface area contributed by atoms with Crippen molar-refractivity contribution in [3.05, 3.63) is 29.3 Å². The molecule has 0 aromatic heterocycles. The maximum absolute atomic E-state index is 11.4. The van der Waals surface area contributed by atoms with Gasteiger partial charge in [-0.15, -0.1) is 0 Å². The van der Waals surface area contributed by atoms with Gasteiger partial charge >= 0.3 is 0 Å². The summed E-state index contributed by atoms with van der Waals surface area (Å²) >= 11 is 0. The number of halogens is 1. The molecule has 0 aliphatic carbocycles. The lowest BCUT2D eigenvalue weighted by molar-refractivity contribution is 0.155. The van der Waals surface area contributed by atoms with E-state index >= 15 is 0 Å². The highest BCUT2D eigenvalue weighted by Crippen LogP contribution is 2.31. The van der Waals surface area contributed by atoms with Gasteiger partial charge in [0.15, 0.2) is 0 Å². The largest absolute Gasteiger partial charge is 0.493 e. The molecule has 0 unspecified atom stereocenters. The van der Waals surface area contributed by atoms with Crippen LogP contribution < -0.4 is 4.74 Å². The number of hydrogen-bond donors (Lipinski definition) is 0. The van der Waals surface area contributed by atoms with Gasteiger partial charge in [0.05, 0.1) is 12.4 Å². The Kier molecular flexibility index (Phi) is 5.90. The number of benzene rings is 1. The third-order valence-electron chi connectivity index (χ3n) is 4.00. The zero-order valence-corrected chi connectivity index (χ0v) is 14.1. The third-order valence-corrected chi connectivity index (χ3v) is 5.29. The Morgan fingerprint density at radius 2 is 1.75 bits per heavy atom. The van der Waals surface area contributed by atoms with Crippen LogP contribution in [0.2, 0.25) is 0 Å². The van der Waals surface area contributed by atoms with Gasteiger partial charge in [-0.05, 0) is 49.9 Å². The van der Waals surface area contributed by atoms with Crippen LogP contribution in [0.3, 0.4) is 0 Å². The van der Waals surface area contributed by atoms with E-state index in [0.717, 1.165) is 11.3 Å². The van der Waals surface area contributed by atoms with E-state index in [1.165, 1.54) is 5.56 Å². The summed E-state index contributed by atoms with van der Waals surface area (Å²) in [6.45, 7) is 8.36. The summed E-state index contributed by atoms with van der Waals surface area (Å²) in [6, 6.07) is 5.89. The molecule has 0 aliphatic heterocycles. The van der Waals surface area contributed by atoms with Crippen molar-refractivity contribution in [3.8, 4) is 5.75 Å². The van der Waals surface area contributed by atoms with E-state index in [-0.39, 0.29) is 5.75 Å². The predicted molar refractivity (Wildman–Crippen MR) is 84.1 cm³/mol. The molecule has 0 amide bonds. The first-order chi connectivity index (χ1) is 9.21. The lowest BCUT2D eigenvalue weighted by Crippen LogP contribution is -2.33. The Hall–Kier alpha value is -0.740. The van der Waals surface area contributed by atoms with Crippen molar-refractivity contribution in [2.45, 2.75) is 40.5 Å². The summed E-state index contributed by atoms with van der Waals surface area (Å²) < 4.78 is 28.6. The van der Waals surface area contributed by atoms with Crippen LogP contribution in [0.5, 0.6) is 5.75 Å². The summed E-state index contributed by atoms with van der Waals surface area (Å²) in [5.74, 6) is 0.714. The topological polar surface area (TPSA) is 43.4 Å². The standard InChI is InChI=1S/C15H23ClO3S/c1-5-15(6-2,11-20(16,17)18)10-19-14-8-7-12(3)13(4)9-14/h7-9H,5-6,10-11H2,1-4H3. The summed E-state index contributed by atoms with van der Waals surface area (Å²) in [5.41, 5.74) is 1.93. The maximum atomic E-state index is 11.4. The van der Waals surface area contributed by atoms with Crippen LogP contribution in [0.15, 0.2) is 18.2 Å². The molecule has 1 rings (SSSR count). The van der Waals surface area contributed by atoms with Crippen LogP contribution in [0.4, 0.5) is 0 Å². The molecule has 20 heavy (non-hydrogen) atoms. The Morgan fingerprint density at radius 3 is 2.20 bits per heavy atom. The second-order valence-electron chi connectivity index (χ2n) is 5.43. The molecular formula is C15H23ClO3S. The fourth-order valence-electron chi connectivity index (χ4n) is 2.11. The summed E-state index contributed by atoms with van der Waals surface area (Å²) in [6.07, 6.45) is 1.42. The minimum Gasteiger partial charge on any atom is -0.493 e. The average molecular weight is 319 g/mol. The van der Waals surface area contributed by atoms with Crippen molar-refractivity contribution in [2.24, 2.45) is 5.41 Å². The van der Waals surface area contributed by atoms with Crippen LogP contribution in [-0.2, 0) is 9.05 Å². The highest BCUT2D eigenvalue weighted by atomic mass is 35.7. The Labute approximate surface area is 126 Å². The van der Waals surface area contributed by atoms with Crippen LogP contribution in [0, 0.1) is 19.3 Å². The van der Waals surface area contributed by atoms with Gasteiger partial charge < -0.3 is 4.74 Å². The molecule has 0 fully saturated rings. The second kappa shape index (κ2) is 6.81. The molecule has 0 saturated carbocycles. The summed E-state index contributed by atoms with van der Waals surface area (Å²) in [5, 5.41) is 0. The van der Waals surface area contributed by atoms with E-state index < -0.39 is 14.5 Å². The molecule has 0 aliphatic rings. The maximum Gasteiger partial charge on any atom is 0.233 e. The number of ether oxygens (including phenoxy) is 1. The van der Waals surface area contributed by atoms with Gasteiger partial charge in [-0.3, -0.25) is 0 Å². The van der Waals surface area contributed by atoms with Crippen LogP contribution >= 0.6 is 10.7 Å². The van der Waals surface area contributed by atoms with E-state index in [1.54, 1.807) is 0 Å². The van der Waals surface area contributed by atoms with Crippen molar-refractivity contribution < 1.29 is 13.2 Å². The molecule has 0 radical (unpaired) electrons. The molecule has 0 atom stereocenters. The van der Waals surface area contributed by atoms with Gasteiger partial charge in [-0.25, -0.2) is 8.42 Å². The average Bonchev–Trinajstić information content (AvgIpc) is 2.37. The van der Waals surface area contributed by atoms with Gasteiger partial charge in [-0.2, -0.15) is 0 Å². The van der Waals surface area contributed by atoms with E-state index in [9.17, 15) is 8.42 Å². The Balaban J connectivity index is 2.83. The molecule has 1 aromatic rings. The van der Waals surface area contributed by atoms with Crippen molar-refractivity contribution in [2.75, 3.05) is 12.4 Å². The summed E-state index contributed by atoms with van der Waals surface area (Å²) in [4.78, 5) is 0. The first-order valence-corrected chi connectivity index (χ1v) is 9.31. The normalized spacial score (nSPS) is 12.4. The molecule has 0 saturated heterocycles. The van der Waals surface area contributed by atoms with E-state index in [0.29, 0.717) is 19.4 Å². The highest BCUT2D eigenvalue weighted by molar-refractivity contribution is 8.13. The molecule has 5 heteroatoms. The zero-order chi connectivity index (χ0) is 15.4. The second-order valence-corrected chi connectivity index (χ2v) is 8.20. The quantitative estimate of drug-likeness (QED) is 0.712. The van der Waals surface area contributed by atoms with Gasteiger partial charge in [0.2, 0.25) is 9.05 Å². The van der Waals surface area contributed by atoms with Gasteiger partial charge in [0.1, 0.15) is 5.75 Å². The minimum atomic E-state index is -3.53. The Bertz CT molecular complexity index is 548. The van der Waals surface area contributed by atoms with Gasteiger partial charge in [0.25, 0.3) is 0 Å². The predicted octanol–water partition coefficient (Wildman–Crippen LogP) is 4.06. The summed E-state index contributed by atoms with van der Waals surface area (Å²) in [7, 11) is 1.89. The van der Waals surface area contributed by atoms with Crippen LogP contribution in [-0.4, -0.2) is 20.8 Å². The smallest absolute Gasteiger partial charge is 0.233 e. The fraction of sp³-hybridized carbons (Fsp3) is 0.600. The van der Waals surface area contributed by atoms with Crippen molar-refractivity contribution in [3.63, 3.8) is 0 Å². The number of hydrogen-bond acceptors (Lipinski definition) is 3. The third kappa shape index (κ3) is 4.98. The van der Waals surface area contributed by atoms with E-state index in [1.807, 2.05) is 45.9 Å². The Morgan fingerprint density at radius 1 is 1.15 bits per heavy atom. The molecule has 114 valence electrons. The molecule has 0 bridgehead atoms. The molecule has 1 aromatic carbocycles. The number of aryl methyl sites for hydroxylation is 2. The van der Waals surface area contributed by atoms with Crippen molar-refractivity contribution in [1.29, 1.82) is 0 Å². The molecular weight excluding hydrogens is 296 g/mol. The first kappa shape index (κ1) is 17.3. The van der Waals surface area contributed by atoms with Crippen LogP contribution in [0.1, 0.15) is 37.8 Å². The molecule has 0 N–H and O–H groups in total. The van der Waals surface area contributed by atoms with Crippen molar-refractivity contribution >= 4 is 19.7 Å². The lowest BCUT2D eigenvalue weighted by atomic mass is 9.85. The van der Waals surface area contributed by atoms with E-state index in [4.69, 9.17) is 15.4 Å².